The van der Waals surface area contributed by atoms with Crippen molar-refractivity contribution in [1.29, 1.82) is 0 Å². The van der Waals surface area contributed by atoms with Crippen LogP contribution in [0.25, 0.3) is 0 Å². The van der Waals surface area contributed by atoms with E-state index in [-0.39, 0.29) is 23.3 Å². The molecule has 0 amide bonds. The van der Waals surface area contributed by atoms with Gasteiger partial charge >= 0.3 is 0 Å². The first kappa shape index (κ1) is 25.6. The Labute approximate surface area is 232 Å². The third-order valence-electron chi connectivity index (χ3n) is 6.05. The zero-order valence-electron chi connectivity index (χ0n) is 18.8. The first-order valence-corrected chi connectivity index (χ1v) is 13.8. The third-order valence-corrected chi connectivity index (χ3v) is 7.76. The van der Waals surface area contributed by atoms with E-state index in [1.807, 2.05) is 54.6 Å². The summed E-state index contributed by atoms with van der Waals surface area (Å²) in [4.78, 5) is 0. The van der Waals surface area contributed by atoms with Gasteiger partial charge in [-0.05, 0) is 58.0 Å². The van der Waals surface area contributed by atoms with Crippen molar-refractivity contribution in [3.63, 3.8) is 0 Å². The lowest BCUT2D eigenvalue weighted by Crippen LogP contribution is -2.61. The van der Waals surface area contributed by atoms with E-state index in [9.17, 15) is 0 Å². The molecular weight excluding hydrogens is 647 g/mol. The molecule has 6 atom stereocenters. The van der Waals surface area contributed by atoms with E-state index in [1.165, 1.54) is 3.57 Å². The molecule has 35 heavy (non-hydrogen) atoms. The molecule has 2 aliphatic rings. The number of hydrogen-bond acceptors (Lipinski definition) is 5. The Kier molecular flexibility index (Phi) is 8.78. The highest BCUT2D eigenvalue weighted by Gasteiger charge is 2.50. The van der Waals surface area contributed by atoms with Gasteiger partial charge in [0, 0.05) is 14.2 Å². The van der Waals surface area contributed by atoms with Gasteiger partial charge in [0.25, 0.3) is 0 Å². The van der Waals surface area contributed by atoms with Crippen molar-refractivity contribution >= 4 is 50.1 Å². The highest BCUT2D eigenvalue weighted by atomic mass is 127. The van der Waals surface area contributed by atoms with Crippen LogP contribution in [0.1, 0.15) is 23.0 Å². The quantitative estimate of drug-likeness (QED) is 0.208. The van der Waals surface area contributed by atoms with Gasteiger partial charge in [0.15, 0.2) is 6.29 Å². The first-order chi connectivity index (χ1) is 17.1. The molecule has 0 aromatic heterocycles. The maximum Gasteiger partial charge on any atom is 0.184 e. The van der Waals surface area contributed by atoms with Gasteiger partial charge in [-0.3, -0.25) is 0 Å². The fourth-order valence-electron chi connectivity index (χ4n) is 4.22. The highest BCUT2D eigenvalue weighted by molar-refractivity contribution is 14.1. The second-order valence-corrected chi connectivity index (χ2v) is 11.1. The molecule has 1 unspecified atom stereocenters. The highest BCUT2D eigenvalue weighted by Crippen LogP contribution is 2.38. The van der Waals surface area contributed by atoms with Crippen LogP contribution in [0.15, 0.2) is 78.9 Å². The van der Waals surface area contributed by atoms with E-state index in [0.717, 1.165) is 16.7 Å². The number of rotatable bonds is 7. The van der Waals surface area contributed by atoms with Crippen molar-refractivity contribution in [2.24, 2.45) is 0 Å². The van der Waals surface area contributed by atoms with E-state index in [0.29, 0.717) is 24.8 Å². The molecule has 0 radical (unpaired) electrons. The molecule has 0 N–H and O–H groups in total. The predicted octanol–water partition coefficient (Wildman–Crippen LogP) is 6.65. The van der Waals surface area contributed by atoms with Crippen molar-refractivity contribution < 1.29 is 23.7 Å². The SMILES string of the molecule is Clc1ccc(CO[C@H]2[C@@H]3O[C@H](c4ccccc4)OC[C@H]3OC(Br)[C@@H]2OCc2ccc(I)cc2)cc1. The van der Waals surface area contributed by atoms with Crippen molar-refractivity contribution in [1.82, 2.24) is 0 Å². The molecule has 8 heteroatoms. The van der Waals surface area contributed by atoms with E-state index in [2.05, 4.69) is 62.8 Å². The molecule has 2 aliphatic heterocycles. The van der Waals surface area contributed by atoms with E-state index >= 15 is 0 Å². The molecular formula is C27H25BrClIO5. The van der Waals surface area contributed by atoms with Crippen LogP contribution in [0.5, 0.6) is 0 Å². The molecule has 0 spiro atoms. The molecule has 2 fully saturated rings. The van der Waals surface area contributed by atoms with Gasteiger partial charge in [-0.1, -0.05) is 82.1 Å². The third kappa shape index (κ3) is 6.45. The molecule has 0 aliphatic carbocycles. The summed E-state index contributed by atoms with van der Waals surface area (Å²) in [5.74, 6) is 0. The number of hydrogen-bond donors (Lipinski definition) is 0. The molecule has 2 saturated heterocycles. The Bertz CT molecular complexity index is 1080. The Balaban J connectivity index is 1.36. The van der Waals surface area contributed by atoms with E-state index in [1.54, 1.807) is 0 Å². The van der Waals surface area contributed by atoms with Gasteiger partial charge < -0.3 is 23.7 Å². The maximum absolute atomic E-state index is 6.49. The van der Waals surface area contributed by atoms with E-state index < -0.39 is 12.4 Å². The summed E-state index contributed by atoms with van der Waals surface area (Å²) in [6.45, 7) is 1.23. The first-order valence-electron chi connectivity index (χ1n) is 11.4. The average Bonchev–Trinajstić information content (AvgIpc) is 2.88. The van der Waals surface area contributed by atoms with E-state index in [4.69, 9.17) is 35.3 Å². The van der Waals surface area contributed by atoms with Crippen LogP contribution in [0.3, 0.4) is 0 Å². The number of benzene rings is 3. The molecule has 0 bridgehead atoms. The Morgan fingerprint density at radius 3 is 2.14 bits per heavy atom. The van der Waals surface area contributed by atoms with Gasteiger partial charge in [-0.25, -0.2) is 0 Å². The van der Waals surface area contributed by atoms with Crippen LogP contribution in [-0.2, 0) is 36.9 Å². The molecule has 5 rings (SSSR count). The van der Waals surface area contributed by atoms with Gasteiger partial charge in [-0.2, -0.15) is 0 Å². The number of fused-ring (bicyclic) bond motifs is 1. The van der Waals surface area contributed by atoms with Crippen LogP contribution in [0.2, 0.25) is 5.02 Å². The average molecular weight is 672 g/mol. The van der Waals surface area contributed by atoms with Crippen molar-refractivity contribution in [3.8, 4) is 0 Å². The summed E-state index contributed by atoms with van der Waals surface area (Å²) < 4.78 is 32.7. The summed E-state index contributed by atoms with van der Waals surface area (Å²) in [5, 5.41) is 0.320. The second-order valence-electron chi connectivity index (χ2n) is 8.51. The summed E-state index contributed by atoms with van der Waals surface area (Å²) in [6.07, 6.45) is -1.92. The molecule has 184 valence electrons. The Morgan fingerprint density at radius 1 is 0.829 bits per heavy atom. The van der Waals surface area contributed by atoms with Gasteiger partial charge in [-0.15, -0.1) is 0 Å². The minimum Gasteiger partial charge on any atom is -0.368 e. The Morgan fingerprint density at radius 2 is 1.46 bits per heavy atom. The topological polar surface area (TPSA) is 46.2 Å². The number of ether oxygens (including phenoxy) is 5. The molecule has 5 nitrogen and oxygen atoms in total. The Hall–Kier alpha value is -1.04. The summed E-state index contributed by atoms with van der Waals surface area (Å²) >= 11 is 12.0. The number of alkyl halides is 1. The van der Waals surface area contributed by atoms with Gasteiger partial charge in [0.05, 0.1) is 19.8 Å². The summed E-state index contributed by atoms with van der Waals surface area (Å²) in [5.41, 5.74) is 3.06. The predicted molar refractivity (Wildman–Crippen MR) is 145 cm³/mol. The van der Waals surface area contributed by atoms with Crippen LogP contribution < -0.4 is 0 Å². The number of halogens is 3. The summed E-state index contributed by atoms with van der Waals surface area (Å²) in [6, 6.07) is 25.8. The fourth-order valence-corrected chi connectivity index (χ4v) is 5.44. The largest absolute Gasteiger partial charge is 0.368 e. The molecule has 2 heterocycles. The van der Waals surface area contributed by atoms with Gasteiger partial charge in [0.1, 0.15) is 29.4 Å². The molecule has 3 aromatic rings. The smallest absolute Gasteiger partial charge is 0.184 e. The van der Waals surface area contributed by atoms with Crippen molar-refractivity contribution in [3.05, 3.63) is 104 Å². The standard InChI is InChI=1S/C27H25BrClIO5/c28-26-25(32-15-18-8-12-21(30)13-9-18)24(31-14-17-6-10-20(29)11-7-17)23-22(34-26)16-33-27(35-23)19-4-2-1-3-5-19/h1-13,22-27H,14-16H2/t22-,23-,24+,25-,26?,27-/m1/s1. The maximum atomic E-state index is 6.49. The lowest BCUT2D eigenvalue weighted by atomic mass is 9.98. The second kappa shape index (κ2) is 12.0. The fraction of sp³-hybridized carbons (Fsp3) is 0.333. The lowest BCUT2D eigenvalue weighted by Gasteiger charge is -2.48. The van der Waals surface area contributed by atoms with Crippen LogP contribution in [0.4, 0.5) is 0 Å². The minimum absolute atomic E-state index is 0.285. The molecule has 0 saturated carbocycles. The van der Waals surface area contributed by atoms with Crippen LogP contribution >= 0.6 is 50.1 Å². The zero-order valence-corrected chi connectivity index (χ0v) is 23.3. The lowest BCUT2D eigenvalue weighted by molar-refractivity contribution is -0.329. The van der Waals surface area contributed by atoms with Crippen LogP contribution in [0, 0.1) is 3.57 Å². The normalized spacial score (nSPS) is 28.4. The van der Waals surface area contributed by atoms with Crippen molar-refractivity contribution in [2.45, 2.75) is 48.9 Å². The monoisotopic (exact) mass is 670 g/mol. The van der Waals surface area contributed by atoms with Crippen molar-refractivity contribution in [2.75, 3.05) is 6.61 Å². The molecule has 3 aromatic carbocycles. The van der Waals surface area contributed by atoms with Gasteiger partial charge in [0.2, 0.25) is 0 Å². The minimum atomic E-state index is -0.494. The van der Waals surface area contributed by atoms with Crippen LogP contribution in [-0.4, -0.2) is 36.0 Å². The zero-order chi connectivity index (χ0) is 24.2. The summed E-state index contributed by atoms with van der Waals surface area (Å²) in [7, 11) is 0.